The van der Waals surface area contributed by atoms with Crippen LogP contribution in [0.15, 0.2) is 11.1 Å². The van der Waals surface area contributed by atoms with E-state index in [1.807, 2.05) is 0 Å². The third-order valence-electron chi connectivity index (χ3n) is 3.16. The lowest BCUT2D eigenvalue weighted by atomic mass is 10.1. The summed E-state index contributed by atoms with van der Waals surface area (Å²) in [6.45, 7) is -0.509. The molecule has 0 bridgehead atoms. The fraction of sp³-hybridized carbons (Fsp3) is 0.500. The van der Waals surface area contributed by atoms with Crippen molar-refractivity contribution in [2.75, 3.05) is 12.3 Å². The van der Waals surface area contributed by atoms with Crippen LogP contribution >= 0.6 is 0 Å². The normalized spacial score (nSPS) is 30.9. The number of rotatable bonds is 2. The molecule has 10 heteroatoms. The Hall–Kier alpha value is -2.01. The van der Waals surface area contributed by atoms with Crippen LogP contribution in [-0.2, 0) is 4.74 Å². The summed E-state index contributed by atoms with van der Waals surface area (Å²) in [5.74, 6) is -0.180. The largest absolute Gasteiger partial charge is 0.394 e. The van der Waals surface area contributed by atoms with Gasteiger partial charge in [-0.1, -0.05) is 0 Å². The monoisotopic (exact) mass is 284 g/mol. The van der Waals surface area contributed by atoms with Gasteiger partial charge in [0, 0.05) is 0 Å². The van der Waals surface area contributed by atoms with Crippen LogP contribution in [0.1, 0.15) is 7.60 Å². The van der Waals surface area contributed by atoms with Crippen molar-refractivity contribution in [3.8, 4) is 0 Å². The Kier molecular flexibility index (Phi) is 2.67. The van der Waals surface area contributed by atoms with Crippen LogP contribution in [0, 0.1) is 0 Å². The second-order valence-corrected chi connectivity index (χ2v) is 4.43. The fourth-order valence-corrected chi connectivity index (χ4v) is 2.16. The van der Waals surface area contributed by atoms with Crippen LogP contribution in [0.5, 0.6) is 0 Å². The molecule has 3 heterocycles. The van der Waals surface area contributed by atoms with Gasteiger partial charge in [-0.15, -0.1) is 0 Å². The van der Waals surface area contributed by atoms with E-state index in [1.54, 1.807) is 0 Å². The van der Waals surface area contributed by atoms with Gasteiger partial charge in [-0.25, -0.2) is 4.98 Å². The molecule has 0 unspecified atom stereocenters. The summed E-state index contributed by atoms with van der Waals surface area (Å²) in [6, 6.07) is 0. The fourth-order valence-electron chi connectivity index (χ4n) is 2.16. The first-order chi connectivity index (χ1) is 9.93. The zero-order chi connectivity index (χ0) is 15.3. The number of aromatic nitrogens is 4. The van der Waals surface area contributed by atoms with Gasteiger partial charge in [0.05, 0.1) is 12.9 Å². The average molecular weight is 284 g/mol. The van der Waals surface area contributed by atoms with Gasteiger partial charge in [0.1, 0.15) is 19.7 Å². The molecule has 1 aliphatic heterocycles. The highest BCUT2D eigenvalue weighted by Gasteiger charge is 2.44. The van der Waals surface area contributed by atoms with Gasteiger partial charge in [-0.05, 0) is 0 Å². The summed E-state index contributed by atoms with van der Waals surface area (Å²) in [4.78, 5) is 21.6. The number of fused-ring (bicyclic) bond motifs is 1. The van der Waals surface area contributed by atoms with E-state index in [0.29, 0.717) is 0 Å². The van der Waals surface area contributed by atoms with Gasteiger partial charge in [-0.3, -0.25) is 14.3 Å². The molecular weight excluding hydrogens is 270 g/mol. The number of nitrogen functional groups attached to an aromatic ring is 1. The zero-order valence-corrected chi connectivity index (χ0v) is 10.1. The first kappa shape index (κ1) is 11.8. The van der Waals surface area contributed by atoms with Gasteiger partial charge >= 0.3 is 0 Å². The average Bonchev–Trinajstić information content (AvgIpc) is 2.89. The van der Waals surface area contributed by atoms with Crippen LogP contribution in [0.4, 0.5) is 5.95 Å². The van der Waals surface area contributed by atoms with Crippen LogP contribution in [0.25, 0.3) is 11.2 Å². The molecule has 108 valence electrons. The Morgan fingerprint density at radius 3 is 2.95 bits per heavy atom. The highest BCUT2D eigenvalue weighted by atomic mass is 16.6. The van der Waals surface area contributed by atoms with E-state index in [9.17, 15) is 15.0 Å². The molecule has 0 spiro atoms. The number of nitrogens with two attached hydrogens (primary N) is 1. The predicted octanol–water partition coefficient (Wildman–Crippen LogP) is -2.69. The minimum absolute atomic E-state index is 0.0453. The molecule has 2 aromatic rings. The predicted molar refractivity (Wildman–Crippen MR) is 65.6 cm³/mol. The lowest BCUT2D eigenvalue weighted by Gasteiger charge is -2.16. The van der Waals surface area contributed by atoms with E-state index in [1.165, 1.54) is 0 Å². The highest BCUT2D eigenvalue weighted by Crippen LogP contribution is 2.30. The van der Waals surface area contributed by atoms with Crippen LogP contribution < -0.4 is 11.3 Å². The second kappa shape index (κ2) is 4.52. The summed E-state index contributed by atoms with van der Waals surface area (Å²) in [5, 5.41) is 28.8. The number of H-pyrrole nitrogens is 1. The molecule has 2 aromatic heterocycles. The number of hydrogen-bond donors (Lipinski definition) is 5. The lowest BCUT2D eigenvalue weighted by molar-refractivity contribution is -0.0511. The molecule has 0 radical (unpaired) electrons. The molecule has 3 rings (SSSR count). The van der Waals surface area contributed by atoms with Crippen molar-refractivity contribution >= 4 is 17.1 Å². The number of ether oxygens (including phenoxy) is 1. The number of hydrogen-bond acceptors (Lipinski definition) is 8. The van der Waals surface area contributed by atoms with E-state index in [2.05, 4.69) is 15.0 Å². The van der Waals surface area contributed by atoms with Crippen molar-refractivity contribution in [3.05, 3.63) is 16.7 Å². The number of aromatic amines is 1. The number of nitrogens with one attached hydrogen (secondary N) is 1. The number of aliphatic hydroxyl groups excluding tert-OH is 3. The van der Waals surface area contributed by atoms with Crippen molar-refractivity contribution in [2.24, 2.45) is 0 Å². The maximum atomic E-state index is 11.7. The van der Waals surface area contributed by atoms with Gasteiger partial charge < -0.3 is 25.8 Å². The van der Waals surface area contributed by atoms with Crippen molar-refractivity contribution in [3.63, 3.8) is 0 Å². The summed E-state index contributed by atoms with van der Waals surface area (Å²) >= 11 is 0. The SMILES string of the molecule is [2H]c1nc2c(=O)[nH]c(N)nc2n1[C@@H]1O[C@H](CO)[C@@H](O)[C@H]1O. The Labute approximate surface area is 112 Å². The quantitative estimate of drug-likeness (QED) is 0.398. The van der Waals surface area contributed by atoms with E-state index in [4.69, 9.17) is 16.9 Å². The topological polar surface area (TPSA) is 160 Å². The van der Waals surface area contributed by atoms with Crippen molar-refractivity contribution in [2.45, 2.75) is 24.5 Å². The Balaban J connectivity index is 2.17. The molecule has 6 N–H and O–H groups in total. The Morgan fingerprint density at radius 1 is 1.55 bits per heavy atom. The maximum Gasteiger partial charge on any atom is 0.280 e. The molecule has 1 saturated heterocycles. The maximum absolute atomic E-state index is 11.7. The van der Waals surface area contributed by atoms with Crippen molar-refractivity contribution in [1.29, 1.82) is 0 Å². The second-order valence-electron chi connectivity index (χ2n) is 4.43. The minimum Gasteiger partial charge on any atom is -0.394 e. The van der Waals surface area contributed by atoms with Crippen LogP contribution in [-0.4, -0.2) is 59.8 Å². The van der Waals surface area contributed by atoms with Gasteiger partial charge in [0.15, 0.2) is 17.4 Å². The molecule has 4 atom stereocenters. The minimum atomic E-state index is -1.41. The molecule has 0 saturated carbocycles. The summed E-state index contributed by atoms with van der Waals surface area (Å²) in [5.41, 5.74) is 4.65. The van der Waals surface area contributed by atoms with E-state index >= 15 is 0 Å². The summed E-state index contributed by atoms with van der Waals surface area (Å²) < 4.78 is 14.1. The molecular formula is C10H13N5O5. The Morgan fingerprint density at radius 2 is 2.30 bits per heavy atom. The van der Waals surface area contributed by atoms with Crippen molar-refractivity contribution < 1.29 is 21.4 Å². The van der Waals surface area contributed by atoms with E-state index in [-0.39, 0.29) is 23.4 Å². The first-order valence-electron chi connectivity index (χ1n) is 6.30. The van der Waals surface area contributed by atoms with E-state index in [0.717, 1.165) is 4.57 Å². The van der Waals surface area contributed by atoms with Gasteiger partial charge in [0.2, 0.25) is 5.95 Å². The first-order valence-corrected chi connectivity index (χ1v) is 5.80. The third kappa shape index (κ3) is 1.78. The molecule has 0 aromatic carbocycles. The molecule has 1 fully saturated rings. The number of nitrogens with zero attached hydrogens (tertiary/aromatic N) is 3. The smallest absolute Gasteiger partial charge is 0.280 e. The highest BCUT2D eigenvalue weighted by molar-refractivity contribution is 5.70. The molecule has 0 aliphatic carbocycles. The van der Waals surface area contributed by atoms with Gasteiger partial charge in [-0.2, -0.15) is 4.98 Å². The van der Waals surface area contributed by atoms with E-state index < -0.39 is 36.7 Å². The molecule has 20 heavy (non-hydrogen) atoms. The zero-order valence-electron chi connectivity index (χ0n) is 11.1. The molecule has 0 amide bonds. The summed E-state index contributed by atoms with van der Waals surface area (Å²) in [7, 11) is 0. The standard InChI is InChI=1S/C10H13N5O5/c11-10-13-7-4(8(19)14-10)12-2-15(7)9-6(18)5(17)3(1-16)20-9/h2-3,5-6,9,16-18H,1H2,(H3,11,13,14,19)/t3-,5-,6-,9-/m1/s1/i2D. The number of anilines is 1. The van der Waals surface area contributed by atoms with Crippen LogP contribution in [0.2, 0.25) is 0 Å². The Bertz CT molecular complexity index is 745. The number of aliphatic hydroxyl groups is 3. The summed E-state index contributed by atoms with van der Waals surface area (Å²) in [6.07, 6.45) is -5.35. The molecule has 10 nitrogen and oxygen atoms in total. The number of imidazole rings is 1. The van der Waals surface area contributed by atoms with Gasteiger partial charge in [0.25, 0.3) is 5.56 Å². The van der Waals surface area contributed by atoms with Crippen LogP contribution in [0.3, 0.4) is 0 Å². The third-order valence-corrected chi connectivity index (χ3v) is 3.16. The van der Waals surface area contributed by atoms with Crippen molar-refractivity contribution in [1.82, 2.24) is 19.5 Å². The molecule has 1 aliphatic rings. The lowest BCUT2D eigenvalue weighted by Crippen LogP contribution is -2.33.